The van der Waals surface area contributed by atoms with Crippen molar-refractivity contribution in [2.75, 3.05) is 30.8 Å². The molecule has 3 aliphatic rings. The van der Waals surface area contributed by atoms with Crippen LogP contribution in [0.15, 0.2) is 25.3 Å². The van der Waals surface area contributed by atoms with Crippen LogP contribution in [0.5, 0.6) is 0 Å². The first kappa shape index (κ1) is 33.1. The maximum absolute atomic E-state index is 13.8. The molecule has 2 unspecified atom stereocenters. The molecule has 0 aliphatic carbocycles. The first-order valence-corrected chi connectivity index (χ1v) is 20.0. The summed E-state index contributed by atoms with van der Waals surface area (Å²) in [5.41, 5.74) is 11.6. The van der Waals surface area contributed by atoms with Gasteiger partial charge in [0, 0.05) is 12.3 Å². The minimum atomic E-state index is -4.26. The van der Waals surface area contributed by atoms with E-state index >= 15 is 0 Å². The lowest BCUT2D eigenvalue weighted by Crippen LogP contribution is -2.46. The van der Waals surface area contributed by atoms with E-state index in [2.05, 4.69) is 42.2 Å². The van der Waals surface area contributed by atoms with Gasteiger partial charge in [-0.15, -0.1) is 0 Å². The van der Waals surface area contributed by atoms with Gasteiger partial charge in [-0.2, -0.15) is 0 Å². The molecule has 19 nitrogen and oxygen atoms in total. The van der Waals surface area contributed by atoms with Crippen molar-refractivity contribution >= 4 is 71.3 Å². The summed E-state index contributed by atoms with van der Waals surface area (Å²) in [6.45, 7) is -6.99. The van der Waals surface area contributed by atoms with E-state index in [-0.39, 0.29) is 55.0 Å². The molecule has 0 amide bonds. The molecule has 10 atom stereocenters. The molecule has 4 aromatic rings. The van der Waals surface area contributed by atoms with E-state index in [1.165, 1.54) is 29.9 Å². The van der Waals surface area contributed by atoms with Gasteiger partial charge in [-0.05, 0) is 18.2 Å². The molecule has 0 radical (unpaired) electrons. The number of aliphatic hydroxyl groups is 2. The second-order valence-electron chi connectivity index (χ2n) is 11.6. The Morgan fingerprint density at radius 2 is 1.62 bits per heavy atom. The number of anilines is 2. The zero-order valence-electron chi connectivity index (χ0n) is 24.7. The molecule has 7 N–H and O–H groups in total. The highest BCUT2D eigenvalue weighted by Gasteiger charge is 2.53. The van der Waals surface area contributed by atoms with E-state index in [4.69, 9.17) is 46.3 Å². The molecule has 2 bridgehead atoms. The summed E-state index contributed by atoms with van der Waals surface area (Å²) in [6, 6.07) is 0. The van der Waals surface area contributed by atoms with E-state index < -0.39 is 61.7 Å². The van der Waals surface area contributed by atoms with E-state index in [1.54, 1.807) is 11.5 Å². The fourth-order valence-corrected chi connectivity index (χ4v) is 10.3. The average molecular weight is 731 g/mol. The van der Waals surface area contributed by atoms with E-state index in [0.29, 0.717) is 11.2 Å². The molecule has 3 aliphatic heterocycles. The Kier molecular flexibility index (Phi) is 8.59. The van der Waals surface area contributed by atoms with Crippen LogP contribution in [0.4, 0.5) is 11.6 Å². The van der Waals surface area contributed by atoms with Crippen LogP contribution in [0, 0.1) is 5.92 Å². The molecule has 4 aromatic heterocycles. The summed E-state index contributed by atoms with van der Waals surface area (Å²) in [6.07, 6.45) is -1.32. The lowest BCUT2D eigenvalue weighted by atomic mass is 9.81. The molecule has 0 saturated carbocycles. The van der Waals surface area contributed by atoms with Gasteiger partial charge in [0.15, 0.2) is 35.6 Å². The predicted octanol–water partition coefficient (Wildman–Crippen LogP) is 0.905. The van der Waals surface area contributed by atoms with Crippen molar-refractivity contribution in [1.29, 1.82) is 0 Å². The van der Waals surface area contributed by atoms with Crippen molar-refractivity contribution in [2.24, 2.45) is 5.92 Å². The van der Waals surface area contributed by atoms with Crippen LogP contribution in [-0.2, 0) is 39.4 Å². The first-order valence-electron chi connectivity index (χ1n) is 14.5. The van der Waals surface area contributed by atoms with Crippen molar-refractivity contribution in [1.82, 2.24) is 39.0 Å². The van der Waals surface area contributed by atoms with Crippen molar-refractivity contribution < 1.29 is 42.7 Å². The van der Waals surface area contributed by atoms with E-state index in [9.17, 15) is 19.7 Å². The number of rotatable bonds is 3. The molecule has 7 heterocycles. The Morgan fingerprint density at radius 3 is 2.28 bits per heavy atom. The van der Waals surface area contributed by atoms with E-state index in [1.807, 2.05) is 0 Å². The number of aliphatic hydroxyl groups excluding tert-OH is 1. The van der Waals surface area contributed by atoms with Gasteiger partial charge in [0.2, 0.25) is 0 Å². The summed E-state index contributed by atoms with van der Waals surface area (Å²) < 4.78 is 46.8. The summed E-state index contributed by atoms with van der Waals surface area (Å²) >= 11 is 9.74. The van der Waals surface area contributed by atoms with E-state index in [0.717, 1.165) is 0 Å². The highest BCUT2D eigenvalue weighted by molar-refractivity contribution is 8.44. The highest BCUT2D eigenvalue weighted by atomic mass is 32.7. The Hall–Kier alpha value is -2.39. The number of hydrogen-bond donors (Lipinski definition) is 6. The third-order valence-corrected chi connectivity index (χ3v) is 12.6. The predicted molar refractivity (Wildman–Crippen MR) is 171 cm³/mol. The largest absolute Gasteiger partial charge is 0.389 e. The first-order chi connectivity index (χ1) is 22.3. The monoisotopic (exact) mass is 730 g/mol. The average Bonchev–Trinajstić information content (AvgIpc) is 3.80. The molecule has 0 aromatic carbocycles. The standard InChI is InChI=1S/C24H32N10O9P2S2/c1-2-24(36)6-44(37,46)39-5-13-17(35)18(23(42-13)34-10-32-16-20(26)28-8-30-22(16)34)43-45(38,47)40-4-12-11(24)3-14(41-12)33-9-31-15-19(25)27-7-29-21(15)33/h7-14,17-18,23,35-36H,2-6H2,1H3,(H,37,46)(H,38,47)(H2,25,27,29)(H2,26,28,30)/t11-,12+,13+,14+,17+,18+,23+,24+,44?,45?/m0/s1. The number of imidazole rings is 2. The Morgan fingerprint density at radius 1 is 1.00 bits per heavy atom. The molecule has 7 rings (SSSR count). The summed E-state index contributed by atoms with van der Waals surface area (Å²) in [5, 5.41) is 23.4. The maximum Gasteiger partial charge on any atom is 0.386 e. The van der Waals surface area contributed by atoms with Crippen LogP contribution in [0.2, 0.25) is 0 Å². The molecule has 3 fully saturated rings. The van der Waals surface area contributed by atoms with Gasteiger partial charge in [0.05, 0.1) is 43.7 Å². The van der Waals surface area contributed by atoms with Crippen molar-refractivity contribution in [2.45, 2.75) is 62.2 Å². The molecule has 254 valence electrons. The number of ether oxygens (including phenoxy) is 2. The zero-order chi connectivity index (χ0) is 33.3. The lowest BCUT2D eigenvalue weighted by Gasteiger charge is -2.38. The Balaban J connectivity index is 1.23. The smallest absolute Gasteiger partial charge is 0.386 e. The quantitative estimate of drug-likeness (QED) is 0.126. The van der Waals surface area contributed by atoms with Crippen LogP contribution < -0.4 is 11.5 Å². The molecule has 0 spiro atoms. The second-order valence-corrected chi connectivity index (χ2v) is 18.0. The summed E-state index contributed by atoms with van der Waals surface area (Å²) in [7, 11) is 0. The van der Waals surface area contributed by atoms with Crippen molar-refractivity contribution in [3.05, 3.63) is 25.3 Å². The van der Waals surface area contributed by atoms with Crippen LogP contribution in [0.1, 0.15) is 32.2 Å². The van der Waals surface area contributed by atoms with Gasteiger partial charge in [0.1, 0.15) is 48.2 Å². The normalized spacial score (nSPS) is 38.4. The van der Waals surface area contributed by atoms with Crippen LogP contribution in [0.25, 0.3) is 22.3 Å². The number of nitrogens with zero attached hydrogens (tertiary/aromatic N) is 8. The third-order valence-electron chi connectivity index (χ3n) is 8.78. The molecule has 3 saturated heterocycles. The topological polar surface area (TPSA) is 263 Å². The van der Waals surface area contributed by atoms with Crippen LogP contribution in [0.3, 0.4) is 0 Å². The molecule has 47 heavy (non-hydrogen) atoms. The van der Waals surface area contributed by atoms with Gasteiger partial charge in [-0.1, -0.05) is 19.2 Å². The second kappa shape index (κ2) is 12.2. The summed E-state index contributed by atoms with van der Waals surface area (Å²) in [5.74, 6) is -0.416. The third kappa shape index (κ3) is 6.06. The lowest BCUT2D eigenvalue weighted by molar-refractivity contribution is -0.0703. The number of thiol groups is 1. The number of nitrogen functional groups attached to an aromatic ring is 2. The fourth-order valence-electron chi connectivity index (χ4n) is 6.38. The zero-order valence-corrected chi connectivity index (χ0v) is 28.2. The minimum Gasteiger partial charge on any atom is -0.389 e. The number of aromatic nitrogens is 8. The Bertz CT molecular complexity index is 1920. The fraction of sp³-hybridized carbons (Fsp3) is 0.583. The SMILES string of the molecule is CC[C@@]1(O)CP(O)(=S)OC[C@H]2O[C@@H](n3cnc4c(N)ncnc43)[C@H](OP(=O)(S)OC[C@H]3O[C@@H](n4cnc5c(N)ncnc54)C[C@@H]31)[C@@H]2O. The van der Waals surface area contributed by atoms with Crippen molar-refractivity contribution in [3.8, 4) is 0 Å². The van der Waals surface area contributed by atoms with Gasteiger partial charge in [0.25, 0.3) is 0 Å². The van der Waals surface area contributed by atoms with Gasteiger partial charge in [-0.3, -0.25) is 18.2 Å². The van der Waals surface area contributed by atoms with Crippen LogP contribution >= 0.6 is 25.5 Å². The maximum atomic E-state index is 13.8. The van der Waals surface area contributed by atoms with Gasteiger partial charge < -0.3 is 40.6 Å². The Labute approximate surface area is 276 Å². The summed E-state index contributed by atoms with van der Waals surface area (Å²) in [4.78, 5) is 36.3. The highest BCUT2D eigenvalue weighted by Crippen LogP contribution is 2.59. The number of nitrogens with two attached hydrogens (primary N) is 2. The van der Waals surface area contributed by atoms with Crippen LogP contribution in [-0.4, -0.2) is 104 Å². The van der Waals surface area contributed by atoms with Crippen molar-refractivity contribution in [3.63, 3.8) is 0 Å². The van der Waals surface area contributed by atoms with Gasteiger partial charge in [-0.25, -0.2) is 34.5 Å². The molecular formula is C24H32N10O9P2S2. The number of hydrogen-bond acceptors (Lipinski definition) is 17. The molecular weight excluding hydrogens is 698 g/mol. The molecule has 23 heteroatoms. The van der Waals surface area contributed by atoms with Gasteiger partial charge >= 0.3 is 6.80 Å². The minimum absolute atomic E-state index is 0.111. The number of fused-ring (bicyclic) bond motifs is 5.